The Labute approximate surface area is 225 Å². The van der Waals surface area contributed by atoms with Gasteiger partial charge in [0.2, 0.25) is 15.9 Å². The third kappa shape index (κ3) is 9.62. The highest BCUT2D eigenvalue weighted by Crippen LogP contribution is 2.23. The number of hydrogen-bond donors (Lipinski definition) is 4. The average Bonchev–Trinajstić information content (AvgIpc) is 2.89. The van der Waals surface area contributed by atoms with Crippen molar-refractivity contribution in [2.45, 2.75) is 56.5 Å². The lowest BCUT2D eigenvalue weighted by molar-refractivity contribution is -0.123. The molecule has 210 valence electrons. The number of anilines is 1. The zero-order chi connectivity index (χ0) is 28.1. The first-order valence-electron chi connectivity index (χ1n) is 12.7. The van der Waals surface area contributed by atoms with Crippen molar-refractivity contribution >= 4 is 27.7 Å². The molecule has 5 N–H and O–H groups in total. The van der Waals surface area contributed by atoms with Crippen molar-refractivity contribution in [3.05, 3.63) is 60.2 Å². The summed E-state index contributed by atoms with van der Waals surface area (Å²) in [5.74, 6) is -0.291. The lowest BCUT2D eigenvalue weighted by Gasteiger charge is -2.31. The first-order valence-corrected chi connectivity index (χ1v) is 14.2. The van der Waals surface area contributed by atoms with Crippen molar-refractivity contribution in [3.8, 4) is 0 Å². The first-order chi connectivity index (χ1) is 18.1. The maximum absolute atomic E-state index is 13.4. The van der Waals surface area contributed by atoms with E-state index in [9.17, 15) is 23.1 Å². The van der Waals surface area contributed by atoms with Crippen LogP contribution in [0.2, 0.25) is 0 Å². The molecule has 2 aromatic rings. The average molecular weight is 549 g/mol. The molecular weight excluding hydrogens is 508 g/mol. The molecule has 1 unspecified atom stereocenters. The number of rotatable bonds is 15. The van der Waals surface area contributed by atoms with Gasteiger partial charge in [0.1, 0.15) is 6.04 Å². The largest absolute Gasteiger partial charge is 0.453 e. The number of nitrogen functional groups attached to an aromatic ring is 1. The molecule has 0 saturated carbocycles. The second kappa shape index (κ2) is 15.3. The number of unbranched alkanes of at least 4 members (excludes halogenated alkanes) is 1. The molecule has 2 amide bonds. The van der Waals surface area contributed by atoms with Crippen LogP contribution in [0.1, 0.15) is 38.7 Å². The molecule has 0 aliphatic heterocycles. The minimum atomic E-state index is -3.84. The molecule has 2 rings (SSSR count). The van der Waals surface area contributed by atoms with Gasteiger partial charge in [0.05, 0.1) is 18.6 Å². The molecule has 0 fully saturated rings. The zero-order valence-electron chi connectivity index (χ0n) is 22.3. The van der Waals surface area contributed by atoms with E-state index in [0.717, 1.165) is 5.56 Å². The van der Waals surface area contributed by atoms with Crippen LogP contribution in [-0.4, -0.2) is 68.7 Å². The summed E-state index contributed by atoms with van der Waals surface area (Å²) in [7, 11) is -2.60. The van der Waals surface area contributed by atoms with Gasteiger partial charge in [0.25, 0.3) is 0 Å². The summed E-state index contributed by atoms with van der Waals surface area (Å²) in [6, 6.07) is 13.9. The molecule has 0 saturated heterocycles. The number of hydrogen-bond acceptors (Lipinski definition) is 7. The highest BCUT2D eigenvalue weighted by atomic mass is 32.2. The minimum Gasteiger partial charge on any atom is -0.453 e. The van der Waals surface area contributed by atoms with Crippen LogP contribution >= 0.6 is 0 Å². The Bertz CT molecular complexity index is 1110. The fourth-order valence-corrected chi connectivity index (χ4v) is 5.81. The summed E-state index contributed by atoms with van der Waals surface area (Å²) in [6.45, 7) is 4.11. The lowest BCUT2D eigenvalue weighted by Crippen LogP contribution is -2.48. The van der Waals surface area contributed by atoms with E-state index < -0.39 is 28.2 Å². The Morgan fingerprint density at radius 2 is 1.71 bits per heavy atom. The van der Waals surface area contributed by atoms with Gasteiger partial charge in [-0.3, -0.25) is 4.79 Å². The maximum atomic E-state index is 13.4. The molecule has 0 radical (unpaired) electrons. The van der Waals surface area contributed by atoms with E-state index in [1.165, 1.54) is 35.7 Å². The highest BCUT2D eigenvalue weighted by Gasteiger charge is 2.31. The molecule has 38 heavy (non-hydrogen) atoms. The number of benzene rings is 2. The normalized spacial score (nSPS) is 13.2. The number of carbonyl (C=O) groups is 2. The molecule has 0 aliphatic carbocycles. The zero-order valence-corrected chi connectivity index (χ0v) is 23.1. The third-order valence-electron chi connectivity index (χ3n) is 5.99. The standard InChI is InChI=1S/C27H40N4O6S/c1-20(2)18-31(38(35,36)24-14-12-22(28)13-15-24)23(19-32)11-7-8-16-29-26(33)25(30-27(34)37-3)17-21-9-5-4-6-10-21/h4-6,9-10,12-15,20,23,25,32H,7-8,11,16-19,28H2,1-3H3,(H,29,33)(H,30,34)/t23?,25-/m0/s1. The van der Waals surface area contributed by atoms with Crippen molar-refractivity contribution in [1.29, 1.82) is 0 Å². The topological polar surface area (TPSA) is 151 Å². The Kier molecular flexibility index (Phi) is 12.5. The number of amides is 2. The third-order valence-corrected chi connectivity index (χ3v) is 7.92. The van der Waals surface area contributed by atoms with E-state index >= 15 is 0 Å². The minimum absolute atomic E-state index is 0.0516. The number of nitrogens with one attached hydrogen (secondary N) is 2. The van der Waals surface area contributed by atoms with Gasteiger partial charge in [-0.05, 0) is 48.6 Å². The Morgan fingerprint density at radius 3 is 2.29 bits per heavy atom. The first kappa shape index (κ1) is 31.1. The van der Waals surface area contributed by atoms with Crippen molar-refractivity contribution in [3.63, 3.8) is 0 Å². The second-order valence-corrected chi connectivity index (χ2v) is 11.4. The van der Waals surface area contributed by atoms with Gasteiger partial charge in [-0.2, -0.15) is 4.31 Å². The van der Waals surface area contributed by atoms with E-state index in [-0.39, 0.29) is 29.9 Å². The molecule has 2 aromatic carbocycles. The van der Waals surface area contributed by atoms with E-state index in [4.69, 9.17) is 5.73 Å². The van der Waals surface area contributed by atoms with Gasteiger partial charge in [-0.25, -0.2) is 13.2 Å². The Hall–Kier alpha value is -3.15. The maximum Gasteiger partial charge on any atom is 0.407 e. The Morgan fingerprint density at radius 1 is 1.05 bits per heavy atom. The summed E-state index contributed by atoms with van der Waals surface area (Å²) >= 11 is 0. The van der Waals surface area contributed by atoms with E-state index in [2.05, 4.69) is 15.4 Å². The van der Waals surface area contributed by atoms with Gasteiger partial charge in [0, 0.05) is 31.2 Å². The van der Waals surface area contributed by atoms with Crippen LogP contribution in [-0.2, 0) is 26.0 Å². The molecule has 0 spiro atoms. The van der Waals surface area contributed by atoms with Crippen LogP contribution in [0.15, 0.2) is 59.5 Å². The smallest absolute Gasteiger partial charge is 0.407 e. The predicted molar refractivity (Wildman–Crippen MR) is 147 cm³/mol. The summed E-state index contributed by atoms with van der Waals surface area (Å²) in [6.07, 6.45) is 1.17. The quantitative estimate of drug-likeness (QED) is 0.197. The molecule has 0 heterocycles. The van der Waals surface area contributed by atoms with E-state index in [1.807, 2.05) is 44.2 Å². The Balaban J connectivity index is 1.97. The van der Waals surface area contributed by atoms with E-state index in [0.29, 0.717) is 37.9 Å². The number of sulfonamides is 1. The summed E-state index contributed by atoms with van der Waals surface area (Å²) in [5, 5.41) is 15.5. The van der Waals surface area contributed by atoms with Crippen LogP contribution < -0.4 is 16.4 Å². The molecule has 10 nitrogen and oxygen atoms in total. The number of nitrogens with zero attached hydrogens (tertiary/aromatic N) is 1. The molecular formula is C27H40N4O6S. The lowest BCUT2D eigenvalue weighted by atomic mass is 10.1. The van der Waals surface area contributed by atoms with Crippen molar-refractivity contribution in [2.24, 2.45) is 5.92 Å². The van der Waals surface area contributed by atoms with Crippen LogP contribution in [0.25, 0.3) is 0 Å². The van der Waals surface area contributed by atoms with Crippen LogP contribution in [0.4, 0.5) is 10.5 Å². The fraction of sp³-hybridized carbons (Fsp3) is 0.481. The highest BCUT2D eigenvalue weighted by molar-refractivity contribution is 7.89. The van der Waals surface area contributed by atoms with Crippen molar-refractivity contribution in [2.75, 3.05) is 32.5 Å². The number of alkyl carbamates (subject to hydrolysis) is 1. The number of aliphatic hydroxyl groups excluding tert-OH is 1. The van der Waals surface area contributed by atoms with Crippen molar-refractivity contribution in [1.82, 2.24) is 14.9 Å². The van der Waals surface area contributed by atoms with Gasteiger partial charge in [0.15, 0.2) is 0 Å². The molecule has 0 aliphatic rings. The molecule has 2 atom stereocenters. The van der Waals surface area contributed by atoms with Crippen LogP contribution in [0.3, 0.4) is 0 Å². The number of methoxy groups -OCH3 is 1. The summed E-state index contributed by atoms with van der Waals surface area (Å²) in [4.78, 5) is 24.6. The molecule has 0 aromatic heterocycles. The van der Waals surface area contributed by atoms with Gasteiger partial charge in [-0.1, -0.05) is 50.6 Å². The SMILES string of the molecule is COC(=O)N[C@@H](Cc1ccccc1)C(=O)NCCCCC(CO)N(CC(C)C)S(=O)(=O)c1ccc(N)cc1. The fourth-order valence-electron chi connectivity index (χ4n) is 4.00. The van der Waals surface area contributed by atoms with Gasteiger partial charge >= 0.3 is 6.09 Å². The van der Waals surface area contributed by atoms with Crippen molar-refractivity contribution < 1.29 is 27.9 Å². The summed E-state index contributed by atoms with van der Waals surface area (Å²) < 4.78 is 32.7. The number of nitrogens with two attached hydrogens (primary N) is 1. The molecule has 0 bridgehead atoms. The van der Waals surface area contributed by atoms with Crippen LogP contribution in [0, 0.1) is 5.92 Å². The number of aliphatic hydroxyl groups is 1. The second-order valence-electron chi connectivity index (χ2n) is 9.54. The number of carbonyl (C=O) groups excluding carboxylic acids is 2. The van der Waals surface area contributed by atoms with E-state index in [1.54, 1.807) is 0 Å². The monoisotopic (exact) mass is 548 g/mol. The van der Waals surface area contributed by atoms with Gasteiger partial charge in [-0.15, -0.1) is 0 Å². The summed E-state index contributed by atoms with van der Waals surface area (Å²) in [5.41, 5.74) is 7.07. The predicted octanol–water partition coefficient (Wildman–Crippen LogP) is 2.53. The number of ether oxygens (including phenoxy) is 1. The molecule has 11 heteroatoms. The van der Waals surface area contributed by atoms with Crippen LogP contribution in [0.5, 0.6) is 0 Å². The van der Waals surface area contributed by atoms with Gasteiger partial charge < -0.3 is 26.2 Å².